The van der Waals surface area contributed by atoms with Crippen LogP contribution in [0.3, 0.4) is 0 Å². The third-order valence-electron chi connectivity index (χ3n) is 2.04. The zero-order valence-electron chi connectivity index (χ0n) is 7.62. The minimum atomic E-state index is -0.0616. The molecule has 0 aliphatic heterocycles. The molecular weight excluding hydrogens is 168 g/mol. The second-order valence-electron chi connectivity index (χ2n) is 3.07. The molecule has 3 nitrogen and oxygen atoms in total. The maximum absolute atomic E-state index is 9.47. The van der Waals surface area contributed by atoms with E-state index < -0.39 is 0 Å². The molecule has 0 bridgehead atoms. The molecule has 72 valence electrons. The van der Waals surface area contributed by atoms with Gasteiger partial charge >= 0.3 is 0 Å². The summed E-state index contributed by atoms with van der Waals surface area (Å²) in [5.74, 6) is -0.121. The van der Waals surface area contributed by atoms with Crippen molar-refractivity contribution in [1.29, 1.82) is 0 Å². The Hall–Kier alpha value is -1.22. The molecule has 3 N–H and O–H groups in total. The fourth-order valence-electron chi connectivity index (χ4n) is 1.19. The molecule has 1 aromatic rings. The molecule has 1 rings (SSSR count). The molecule has 0 radical (unpaired) electrons. The lowest BCUT2D eigenvalue weighted by Crippen LogP contribution is -1.91. The molecule has 0 aliphatic carbocycles. The first-order valence-corrected chi connectivity index (χ1v) is 4.28. The quantitative estimate of drug-likeness (QED) is 0.618. The number of aromatic hydroxyl groups is 2. The predicted octanol–water partition coefficient (Wildman–Crippen LogP) is 1.33. The summed E-state index contributed by atoms with van der Waals surface area (Å²) in [4.78, 5) is 0. The van der Waals surface area contributed by atoms with E-state index >= 15 is 0 Å². The van der Waals surface area contributed by atoms with E-state index in [0.717, 1.165) is 0 Å². The van der Waals surface area contributed by atoms with Crippen LogP contribution in [0.2, 0.25) is 0 Å². The Morgan fingerprint density at radius 2 is 1.85 bits per heavy atom. The highest BCUT2D eigenvalue weighted by Crippen LogP contribution is 2.32. The maximum atomic E-state index is 9.47. The van der Waals surface area contributed by atoms with Gasteiger partial charge in [0, 0.05) is 6.61 Å². The number of hydrogen-bond donors (Lipinski definition) is 3. The monoisotopic (exact) mass is 182 g/mol. The van der Waals surface area contributed by atoms with Gasteiger partial charge in [-0.05, 0) is 30.9 Å². The Morgan fingerprint density at radius 3 is 2.46 bits per heavy atom. The highest BCUT2D eigenvalue weighted by molar-refractivity contribution is 5.49. The van der Waals surface area contributed by atoms with Crippen LogP contribution >= 0.6 is 0 Å². The highest BCUT2D eigenvalue weighted by atomic mass is 16.3. The van der Waals surface area contributed by atoms with Gasteiger partial charge in [0.15, 0.2) is 11.5 Å². The summed E-state index contributed by atoms with van der Waals surface area (Å²) in [7, 11) is 0. The van der Waals surface area contributed by atoms with Crippen LogP contribution in [0.1, 0.15) is 17.5 Å². The normalized spacial score (nSPS) is 10.3. The third kappa shape index (κ3) is 2.12. The number of phenolic OH excluding ortho intramolecular Hbond substituents is 2. The fraction of sp³-hybridized carbons (Fsp3) is 0.400. The van der Waals surface area contributed by atoms with Crippen LogP contribution in [0.25, 0.3) is 0 Å². The lowest BCUT2D eigenvalue weighted by atomic mass is 10.1. The Morgan fingerprint density at radius 1 is 1.15 bits per heavy atom. The molecule has 0 saturated carbocycles. The molecule has 0 aromatic heterocycles. The van der Waals surface area contributed by atoms with Gasteiger partial charge in [0.1, 0.15) is 0 Å². The van der Waals surface area contributed by atoms with E-state index in [9.17, 15) is 10.2 Å². The first-order chi connectivity index (χ1) is 6.16. The molecule has 0 heterocycles. The number of aliphatic hydroxyl groups excluding tert-OH is 1. The molecule has 0 spiro atoms. The Kier molecular flexibility index (Phi) is 3.14. The second-order valence-corrected chi connectivity index (χ2v) is 3.07. The predicted molar refractivity (Wildman–Crippen MR) is 49.9 cm³/mol. The number of rotatable bonds is 3. The molecule has 13 heavy (non-hydrogen) atoms. The van der Waals surface area contributed by atoms with Crippen molar-refractivity contribution in [2.75, 3.05) is 6.61 Å². The van der Waals surface area contributed by atoms with Gasteiger partial charge in [-0.3, -0.25) is 0 Å². The van der Waals surface area contributed by atoms with Gasteiger partial charge in [-0.15, -0.1) is 0 Å². The first-order valence-electron chi connectivity index (χ1n) is 4.28. The van der Waals surface area contributed by atoms with Crippen molar-refractivity contribution in [3.63, 3.8) is 0 Å². The van der Waals surface area contributed by atoms with Crippen molar-refractivity contribution >= 4 is 0 Å². The fourth-order valence-corrected chi connectivity index (χ4v) is 1.19. The molecule has 3 heteroatoms. The molecule has 0 fully saturated rings. The molecule has 0 aliphatic rings. The maximum Gasteiger partial charge on any atom is 0.160 e. The zero-order valence-corrected chi connectivity index (χ0v) is 7.62. The van der Waals surface area contributed by atoms with E-state index in [2.05, 4.69) is 0 Å². The SMILES string of the molecule is Cc1ccc(CCCO)c(O)c1O. The number of hydrogen-bond acceptors (Lipinski definition) is 3. The Bertz CT molecular complexity index is 294. The van der Waals surface area contributed by atoms with Gasteiger partial charge < -0.3 is 15.3 Å². The summed E-state index contributed by atoms with van der Waals surface area (Å²) >= 11 is 0. The van der Waals surface area contributed by atoms with Gasteiger partial charge in [-0.2, -0.15) is 0 Å². The molecule has 0 unspecified atom stereocenters. The van der Waals surface area contributed by atoms with Crippen molar-refractivity contribution in [3.05, 3.63) is 23.3 Å². The van der Waals surface area contributed by atoms with Crippen molar-refractivity contribution in [2.24, 2.45) is 0 Å². The molecule has 1 aromatic carbocycles. The largest absolute Gasteiger partial charge is 0.504 e. The van der Waals surface area contributed by atoms with Gasteiger partial charge in [0.2, 0.25) is 0 Å². The summed E-state index contributed by atoms with van der Waals surface area (Å²) in [5.41, 5.74) is 1.34. The van der Waals surface area contributed by atoms with Gasteiger partial charge in [0.05, 0.1) is 0 Å². The number of phenols is 2. The number of benzene rings is 1. The first kappa shape index (κ1) is 9.86. The third-order valence-corrected chi connectivity index (χ3v) is 2.04. The van der Waals surface area contributed by atoms with Crippen molar-refractivity contribution in [3.8, 4) is 11.5 Å². The van der Waals surface area contributed by atoms with E-state index in [1.54, 1.807) is 19.1 Å². The van der Waals surface area contributed by atoms with Gasteiger partial charge in [-0.25, -0.2) is 0 Å². The zero-order chi connectivity index (χ0) is 9.84. The Labute approximate surface area is 77.3 Å². The number of aryl methyl sites for hydroxylation is 2. The summed E-state index contributed by atoms with van der Waals surface area (Å²) in [6.45, 7) is 1.82. The van der Waals surface area contributed by atoms with Crippen LogP contribution in [-0.4, -0.2) is 21.9 Å². The molecule has 0 saturated heterocycles. The van der Waals surface area contributed by atoms with Crippen LogP contribution in [-0.2, 0) is 6.42 Å². The minimum absolute atomic E-state index is 0.0598. The average Bonchev–Trinajstić information content (AvgIpc) is 2.13. The topological polar surface area (TPSA) is 60.7 Å². The lowest BCUT2D eigenvalue weighted by Gasteiger charge is -2.07. The molecular formula is C10H14O3. The van der Waals surface area contributed by atoms with E-state index in [1.165, 1.54) is 0 Å². The molecule has 0 atom stereocenters. The van der Waals surface area contributed by atoms with E-state index in [0.29, 0.717) is 24.0 Å². The lowest BCUT2D eigenvalue weighted by molar-refractivity contribution is 0.287. The van der Waals surface area contributed by atoms with Gasteiger partial charge in [-0.1, -0.05) is 12.1 Å². The summed E-state index contributed by atoms with van der Waals surface area (Å²) < 4.78 is 0. The Balaban J connectivity index is 2.90. The van der Waals surface area contributed by atoms with Crippen molar-refractivity contribution < 1.29 is 15.3 Å². The van der Waals surface area contributed by atoms with Crippen LogP contribution in [0.4, 0.5) is 0 Å². The summed E-state index contributed by atoms with van der Waals surface area (Å²) in [5, 5.41) is 27.4. The van der Waals surface area contributed by atoms with E-state index in [1.807, 2.05) is 0 Å². The minimum Gasteiger partial charge on any atom is -0.504 e. The number of aliphatic hydroxyl groups is 1. The van der Waals surface area contributed by atoms with Crippen molar-refractivity contribution in [1.82, 2.24) is 0 Å². The standard InChI is InChI=1S/C10H14O3/c1-7-4-5-8(3-2-6-11)10(13)9(7)12/h4-5,11-13H,2-3,6H2,1H3. The summed E-state index contributed by atoms with van der Waals surface area (Å²) in [6.07, 6.45) is 1.17. The summed E-state index contributed by atoms with van der Waals surface area (Å²) in [6, 6.07) is 3.52. The van der Waals surface area contributed by atoms with E-state index in [-0.39, 0.29) is 18.1 Å². The van der Waals surface area contributed by atoms with Crippen LogP contribution in [0, 0.1) is 6.92 Å². The van der Waals surface area contributed by atoms with Crippen LogP contribution < -0.4 is 0 Å². The molecule has 0 amide bonds. The second kappa shape index (κ2) is 4.14. The van der Waals surface area contributed by atoms with Gasteiger partial charge in [0.25, 0.3) is 0 Å². The van der Waals surface area contributed by atoms with Crippen LogP contribution in [0.15, 0.2) is 12.1 Å². The van der Waals surface area contributed by atoms with E-state index in [4.69, 9.17) is 5.11 Å². The smallest absolute Gasteiger partial charge is 0.160 e. The highest BCUT2D eigenvalue weighted by Gasteiger charge is 2.07. The average molecular weight is 182 g/mol. The van der Waals surface area contributed by atoms with Crippen molar-refractivity contribution in [2.45, 2.75) is 19.8 Å². The van der Waals surface area contributed by atoms with Crippen LogP contribution in [0.5, 0.6) is 11.5 Å².